The van der Waals surface area contributed by atoms with Gasteiger partial charge < -0.3 is 29.9 Å². The van der Waals surface area contributed by atoms with E-state index < -0.39 is 0 Å². The van der Waals surface area contributed by atoms with E-state index in [0.717, 1.165) is 45.2 Å². The van der Waals surface area contributed by atoms with Gasteiger partial charge in [-0.1, -0.05) is 0 Å². The fraction of sp³-hybridized carbons (Fsp3) is 0. The van der Waals surface area contributed by atoms with Gasteiger partial charge in [-0.05, 0) is 48.5 Å². The van der Waals surface area contributed by atoms with E-state index in [4.69, 9.17) is 0 Å². The Morgan fingerprint density at radius 3 is 1.21 bits per heavy atom. The molecule has 5 aromatic heterocycles. The lowest BCUT2D eigenvalue weighted by Gasteiger charge is -1.85. The minimum Gasteiger partial charge on any atom is -0.328 e. The number of H-pyrrole nitrogens is 6. The number of fused-ring (bicyclic) bond motifs is 8. The highest BCUT2D eigenvalue weighted by Gasteiger charge is 1.94. The van der Waals surface area contributed by atoms with Gasteiger partial charge in [0, 0.05) is 0 Å². The normalized spacial score (nSPS) is 11.3. The van der Waals surface area contributed by atoms with Gasteiger partial charge >= 0.3 is 0 Å². The molecule has 0 aliphatic rings. The molecule has 0 spiro atoms. The Morgan fingerprint density at radius 2 is 0.708 bits per heavy atom. The van der Waals surface area contributed by atoms with Crippen LogP contribution in [-0.4, -0.2) is 39.9 Å². The molecule has 24 heavy (non-hydrogen) atoms. The van der Waals surface area contributed by atoms with Gasteiger partial charge in [-0.25, -0.2) is 9.97 Å². The topological polar surface area (TPSA) is 121 Å². The molecule has 0 saturated heterocycles. The van der Waals surface area contributed by atoms with Gasteiger partial charge in [-0.3, -0.25) is 0 Å². The Labute approximate surface area is 134 Å². The monoisotopic (exact) mass is 318 g/mol. The maximum Gasteiger partial charge on any atom is 0.134 e. The minimum absolute atomic E-state index is 0.737. The molecule has 0 aliphatic carbocycles. The number of nitrogens with one attached hydrogen (secondary N) is 6. The molecule has 0 fully saturated rings. The zero-order valence-corrected chi connectivity index (χ0v) is 12.5. The average Bonchev–Trinajstić information content (AvgIpc) is 3.32. The molecule has 0 atom stereocenters. The van der Waals surface area contributed by atoms with Gasteiger partial charge in [0.15, 0.2) is 0 Å². The van der Waals surface area contributed by atoms with Gasteiger partial charge in [0.2, 0.25) is 0 Å². The molecule has 6 N–H and O–H groups in total. The van der Waals surface area contributed by atoms with E-state index in [-0.39, 0.29) is 0 Å². The number of aromatic nitrogens is 8. The number of nitrogens with zero attached hydrogens (tertiary/aromatic N) is 2. The summed E-state index contributed by atoms with van der Waals surface area (Å²) in [7, 11) is 0. The van der Waals surface area contributed by atoms with E-state index in [1.165, 1.54) is 0 Å². The second kappa shape index (κ2) is 4.92. The Kier molecular flexibility index (Phi) is 2.63. The minimum atomic E-state index is 0.737. The van der Waals surface area contributed by atoms with E-state index in [0.29, 0.717) is 0 Å². The van der Waals surface area contributed by atoms with Crippen LogP contribution in [0.25, 0.3) is 45.2 Å². The molecule has 0 aliphatic heterocycles. The highest BCUT2D eigenvalue weighted by Crippen LogP contribution is 2.06. The van der Waals surface area contributed by atoms with Crippen molar-refractivity contribution in [3.05, 3.63) is 48.5 Å². The molecule has 8 bridgehead atoms. The molecule has 5 heterocycles. The van der Waals surface area contributed by atoms with Crippen LogP contribution in [0, 0.1) is 0 Å². The van der Waals surface area contributed by atoms with Crippen molar-refractivity contribution in [2.24, 2.45) is 0 Å². The van der Waals surface area contributed by atoms with Gasteiger partial charge in [0.25, 0.3) is 0 Å². The average molecular weight is 318 g/mol. The second-order valence-corrected chi connectivity index (χ2v) is 5.50. The summed E-state index contributed by atoms with van der Waals surface area (Å²) in [4.78, 5) is 28.5. The van der Waals surface area contributed by atoms with Crippen LogP contribution in [0.5, 0.6) is 0 Å². The summed E-state index contributed by atoms with van der Waals surface area (Å²) in [6.45, 7) is 0. The predicted molar refractivity (Wildman–Crippen MR) is 93.4 cm³/mol. The third kappa shape index (κ3) is 2.35. The molecule has 5 rings (SSSR count). The molecule has 0 amide bonds. The van der Waals surface area contributed by atoms with Crippen molar-refractivity contribution < 1.29 is 0 Å². The fourth-order valence-electron chi connectivity index (χ4n) is 2.64. The molecule has 0 radical (unpaired) electrons. The van der Waals surface area contributed by atoms with E-state index in [9.17, 15) is 0 Å². The predicted octanol–water partition coefficient (Wildman–Crippen LogP) is 3.31. The van der Waals surface area contributed by atoms with E-state index in [2.05, 4.69) is 39.9 Å². The largest absolute Gasteiger partial charge is 0.328 e. The Balaban J connectivity index is 1.90. The summed E-state index contributed by atoms with van der Waals surface area (Å²) in [6.07, 6.45) is 0. The van der Waals surface area contributed by atoms with Crippen molar-refractivity contribution in [2.45, 2.75) is 0 Å². The third-order valence-electron chi connectivity index (χ3n) is 3.70. The van der Waals surface area contributed by atoms with Crippen molar-refractivity contribution in [1.82, 2.24) is 39.9 Å². The first-order chi connectivity index (χ1) is 11.8. The lowest BCUT2D eigenvalue weighted by molar-refractivity contribution is 1.27. The summed E-state index contributed by atoms with van der Waals surface area (Å²) in [5, 5.41) is 0. The van der Waals surface area contributed by atoms with E-state index in [1.807, 2.05) is 48.5 Å². The highest BCUT2D eigenvalue weighted by molar-refractivity contribution is 5.62. The van der Waals surface area contributed by atoms with Crippen LogP contribution in [0.15, 0.2) is 48.5 Å². The quantitative estimate of drug-likeness (QED) is 0.262. The fourth-order valence-corrected chi connectivity index (χ4v) is 2.64. The zero-order valence-electron chi connectivity index (χ0n) is 12.5. The Hall–Kier alpha value is -3.68. The SMILES string of the molecule is c1cc2nc3ccc([nH]3)[nH]c3ccc([nH]c4ccc(nc1[nH]2)[nH]4)[nH]3. The summed E-state index contributed by atoms with van der Waals surface area (Å²) in [5.74, 6) is 0. The number of rotatable bonds is 0. The van der Waals surface area contributed by atoms with Crippen molar-refractivity contribution in [2.75, 3.05) is 0 Å². The molecule has 8 heteroatoms. The molecule has 118 valence electrons. The van der Waals surface area contributed by atoms with Crippen LogP contribution in [0.4, 0.5) is 0 Å². The first-order valence-electron chi connectivity index (χ1n) is 7.54. The van der Waals surface area contributed by atoms with Gasteiger partial charge in [0.05, 0.1) is 0 Å². The number of hydrogen-bond acceptors (Lipinski definition) is 2. The molecule has 0 unspecified atom stereocenters. The first-order valence-corrected chi connectivity index (χ1v) is 7.54. The van der Waals surface area contributed by atoms with Gasteiger partial charge in [0.1, 0.15) is 45.2 Å². The summed E-state index contributed by atoms with van der Waals surface area (Å²) in [5.41, 5.74) is 6.44. The zero-order chi connectivity index (χ0) is 15.9. The number of hydrogen-bond donors (Lipinski definition) is 6. The van der Waals surface area contributed by atoms with Crippen LogP contribution < -0.4 is 0 Å². The molecular weight excluding hydrogens is 304 g/mol. The third-order valence-corrected chi connectivity index (χ3v) is 3.70. The summed E-state index contributed by atoms with van der Waals surface area (Å²) in [6, 6.07) is 15.4. The lowest BCUT2D eigenvalue weighted by Crippen LogP contribution is -1.78. The summed E-state index contributed by atoms with van der Waals surface area (Å²) < 4.78 is 0. The maximum atomic E-state index is 4.53. The van der Waals surface area contributed by atoms with Crippen LogP contribution in [0.2, 0.25) is 0 Å². The Bertz CT molecular complexity index is 986. The van der Waals surface area contributed by atoms with Crippen molar-refractivity contribution in [3.8, 4) is 0 Å². The molecular formula is C16H14N8. The van der Waals surface area contributed by atoms with E-state index >= 15 is 0 Å². The van der Waals surface area contributed by atoms with Crippen molar-refractivity contribution in [1.29, 1.82) is 0 Å². The lowest BCUT2D eigenvalue weighted by atomic mass is 10.6. The molecule has 0 saturated carbocycles. The molecule has 5 aromatic rings. The molecule has 0 aromatic carbocycles. The van der Waals surface area contributed by atoms with Crippen LogP contribution >= 0.6 is 0 Å². The highest BCUT2D eigenvalue weighted by atomic mass is 15.0. The standard InChI is InChI=1S/C16H14N8/c1-2-10-17-9(1)21-11-3-4-13(18-11)23-15-7-8-16(20-15)24-14-6-5-12(19-14)22-10/h1-8,17-19,21-22H,(H,20,23,24). The smallest absolute Gasteiger partial charge is 0.134 e. The number of aromatic amines is 6. The van der Waals surface area contributed by atoms with Crippen LogP contribution in [-0.2, 0) is 0 Å². The van der Waals surface area contributed by atoms with Crippen molar-refractivity contribution in [3.63, 3.8) is 0 Å². The summed E-state index contributed by atoms with van der Waals surface area (Å²) >= 11 is 0. The van der Waals surface area contributed by atoms with E-state index in [1.54, 1.807) is 0 Å². The molecule has 8 nitrogen and oxygen atoms in total. The van der Waals surface area contributed by atoms with Crippen LogP contribution in [0.3, 0.4) is 0 Å². The van der Waals surface area contributed by atoms with Gasteiger partial charge in [-0.15, -0.1) is 0 Å². The maximum absolute atomic E-state index is 4.53. The first kappa shape index (κ1) is 12.8. The second-order valence-electron chi connectivity index (χ2n) is 5.50. The van der Waals surface area contributed by atoms with Gasteiger partial charge in [-0.2, -0.15) is 0 Å². The van der Waals surface area contributed by atoms with Crippen LogP contribution in [0.1, 0.15) is 0 Å². The van der Waals surface area contributed by atoms with Crippen molar-refractivity contribution >= 4 is 45.2 Å². The Morgan fingerprint density at radius 1 is 0.375 bits per heavy atom.